The number of anilines is 1. The number of nitrogens with one attached hydrogen (secondary N) is 2. The molecule has 0 aliphatic carbocycles. The number of nitro benzene ring substituents is 1. The van der Waals surface area contributed by atoms with E-state index in [4.69, 9.17) is 17.0 Å². The Hall–Kier alpha value is -3.30. The Balaban J connectivity index is 1.65. The highest BCUT2D eigenvalue weighted by Crippen LogP contribution is 2.24. The zero-order valence-corrected chi connectivity index (χ0v) is 19.5. The summed E-state index contributed by atoms with van der Waals surface area (Å²) < 4.78 is 6.59. The first kappa shape index (κ1) is 23.4. The number of carbonyl (C=O) groups is 1. The third kappa shape index (κ3) is 6.35. The van der Waals surface area contributed by atoms with E-state index in [0.29, 0.717) is 35.6 Å². The Morgan fingerprint density at radius 3 is 2.56 bits per heavy atom. The SMILES string of the molecule is Cc1cc([N+](=O)[O-])ccc1NC(=S)NC(=O)c1cc(Br)ccc1OCCc1ccccc1. The summed E-state index contributed by atoms with van der Waals surface area (Å²) in [5, 5.41) is 16.5. The van der Waals surface area contributed by atoms with E-state index in [1.165, 1.54) is 12.1 Å². The van der Waals surface area contributed by atoms with Gasteiger partial charge in [0.05, 0.1) is 17.1 Å². The maximum atomic E-state index is 12.9. The topological polar surface area (TPSA) is 93.5 Å². The zero-order chi connectivity index (χ0) is 23.1. The number of benzene rings is 3. The van der Waals surface area contributed by atoms with E-state index in [0.717, 1.165) is 10.0 Å². The Morgan fingerprint density at radius 1 is 1.12 bits per heavy atom. The van der Waals surface area contributed by atoms with Gasteiger partial charge in [-0.05, 0) is 54.5 Å². The average molecular weight is 514 g/mol. The second-order valence-corrected chi connectivity index (χ2v) is 8.21. The number of rotatable bonds is 7. The van der Waals surface area contributed by atoms with Crippen LogP contribution in [0.15, 0.2) is 71.2 Å². The molecule has 0 aliphatic heterocycles. The minimum absolute atomic E-state index is 0.0190. The van der Waals surface area contributed by atoms with Crippen LogP contribution >= 0.6 is 28.1 Å². The van der Waals surface area contributed by atoms with Crippen molar-refractivity contribution in [2.75, 3.05) is 11.9 Å². The summed E-state index contributed by atoms with van der Waals surface area (Å²) in [6, 6.07) is 19.4. The lowest BCUT2D eigenvalue weighted by Crippen LogP contribution is -2.34. The lowest BCUT2D eigenvalue weighted by molar-refractivity contribution is -0.384. The molecule has 0 aliphatic rings. The van der Waals surface area contributed by atoms with Gasteiger partial charge in [0.15, 0.2) is 5.11 Å². The number of nitrogens with zero attached hydrogens (tertiary/aromatic N) is 1. The largest absolute Gasteiger partial charge is 0.492 e. The van der Waals surface area contributed by atoms with Crippen LogP contribution in [0.5, 0.6) is 5.75 Å². The summed E-state index contributed by atoms with van der Waals surface area (Å²) in [5.74, 6) is 0.00836. The molecule has 3 aromatic carbocycles. The van der Waals surface area contributed by atoms with Gasteiger partial charge in [-0.25, -0.2) is 0 Å². The van der Waals surface area contributed by atoms with Crippen molar-refractivity contribution in [2.24, 2.45) is 0 Å². The van der Waals surface area contributed by atoms with Crippen molar-refractivity contribution in [2.45, 2.75) is 13.3 Å². The fraction of sp³-hybridized carbons (Fsp3) is 0.130. The molecule has 0 fully saturated rings. The maximum absolute atomic E-state index is 12.9. The van der Waals surface area contributed by atoms with E-state index >= 15 is 0 Å². The van der Waals surface area contributed by atoms with Crippen LogP contribution in [0.3, 0.4) is 0 Å². The van der Waals surface area contributed by atoms with Gasteiger partial charge in [0, 0.05) is 28.7 Å². The fourth-order valence-corrected chi connectivity index (χ4v) is 3.52. The van der Waals surface area contributed by atoms with Gasteiger partial charge in [-0.15, -0.1) is 0 Å². The molecule has 0 atom stereocenters. The minimum atomic E-state index is -0.469. The number of hydrogen-bond acceptors (Lipinski definition) is 5. The van der Waals surface area contributed by atoms with Crippen LogP contribution in [0.2, 0.25) is 0 Å². The van der Waals surface area contributed by atoms with Crippen LogP contribution in [0.25, 0.3) is 0 Å². The molecule has 164 valence electrons. The summed E-state index contributed by atoms with van der Waals surface area (Å²) in [7, 11) is 0. The maximum Gasteiger partial charge on any atom is 0.269 e. The number of thiocarbonyl (C=S) groups is 1. The second kappa shape index (κ2) is 10.8. The van der Waals surface area contributed by atoms with Gasteiger partial charge in [-0.1, -0.05) is 46.3 Å². The van der Waals surface area contributed by atoms with Crippen LogP contribution in [0.1, 0.15) is 21.5 Å². The van der Waals surface area contributed by atoms with Gasteiger partial charge < -0.3 is 10.1 Å². The molecule has 9 heteroatoms. The summed E-state index contributed by atoms with van der Waals surface area (Å²) in [6.45, 7) is 2.13. The molecule has 0 bridgehead atoms. The normalized spacial score (nSPS) is 10.3. The highest BCUT2D eigenvalue weighted by Gasteiger charge is 2.16. The molecule has 3 aromatic rings. The molecule has 3 rings (SSSR count). The number of nitro groups is 1. The van der Waals surface area contributed by atoms with Crippen molar-refractivity contribution in [3.8, 4) is 5.75 Å². The van der Waals surface area contributed by atoms with Gasteiger partial charge in [-0.2, -0.15) is 0 Å². The van der Waals surface area contributed by atoms with Crippen LogP contribution < -0.4 is 15.4 Å². The van der Waals surface area contributed by atoms with E-state index in [9.17, 15) is 14.9 Å². The average Bonchev–Trinajstić information content (AvgIpc) is 2.76. The van der Waals surface area contributed by atoms with Gasteiger partial charge in [0.25, 0.3) is 11.6 Å². The first-order valence-electron chi connectivity index (χ1n) is 9.67. The number of amides is 1. The molecular weight excluding hydrogens is 494 g/mol. The molecular formula is C23H20BrN3O4S. The summed E-state index contributed by atoms with van der Waals surface area (Å²) in [4.78, 5) is 23.3. The number of aryl methyl sites for hydroxylation is 1. The number of ether oxygens (including phenoxy) is 1. The summed E-state index contributed by atoms with van der Waals surface area (Å²) in [5.41, 5.74) is 2.64. The molecule has 7 nitrogen and oxygen atoms in total. The quantitative estimate of drug-likeness (QED) is 0.249. The first-order chi connectivity index (χ1) is 15.3. The molecule has 32 heavy (non-hydrogen) atoms. The van der Waals surface area contributed by atoms with E-state index < -0.39 is 10.8 Å². The standard InChI is InChI=1S/C23H20BrN3O4S/c1-15-13-18(27(29)30)8-9-20(15)25-23(32)26-22(28)19-14-17(24)7-10-21(19)31-12-11-16-5-3-2-4-6-16/h2-10,13-14H,11-12H2,1H3,(H2,25,26,28,32). The zero-order valence-electron chi connectivity index (χ0n) is 17.1. The smallest absolute Gasteiger partial charge is 0.269 e. The predicted molar refractivity (Wildman–Crippen MR) is 131 cm³/mol. The third-order valence-electron chi connectivity index (χ3n) is 4.57. The number of halogens is 1. The monoisotopic (exact) mass is 513 g/mol. The van der Waals surface area contributed by atoms with Crippen LogP contribution in [0, 0.1) is 17.0 Å². The Labute approximate surface area is 199 Å². The number of non-ortho nitro benzene ring substituents is 1. The van der Waals surface area contributed by atoms with Gasteiger partial charge in [-0.3, -0.25) is 20.2 Å². The van der Waals surface area contributed by atoms with E-state index in [1.807, 2.05) is 30.3 Å². The Kier molecular flexibility index (Phi) is 7.91. The molecule has 0 heterocycles. The molecule has 0 spiro atoms. The molecule has 1 amide bonds. The number of carbonyl (C=O) groups excluding carboxylic acids is 1. The summed E-state index contributed by atoms with van der Waals surface area (Å²) in [6.07, 6.45) is 0.706. The summed E-state index contributed by atoms with van der Waals surface area (Å²) >= 11 is 8.63. The van der Waals surface area contributed by atoms with E-state index in [2.05, 4.69) is 26.6 Å². The van der Waals surface area contributed by atoms with Gasteiger partial charge >= 0.3 is 0 Å². The highest BCUT2D eigenvalue weighted by molar-refractivity contribution is 9.10. The second-order valence-electron chi connectivity index (χ2n) is 6.89. The van der Waals surface area contributed by atoms with Crippen molar-refractivity contribution >= 4 is 50.5 Å². The van der Waals surface area contributed by atoms with E-state index in [-0.39, 0.29) is 10.8 Å². The van der Waals surface area contributed by atoms with Crippen molar-refractivity contribution in [1.82, 2.24) is 5.32 Å². The van der Waals surface area contributed by atoms with E-state index in [1.54, 1.807) is 31.2 Å². The minimum Gasteiger partial charge on any atom is -0.492 e. The van der Waals surface area contributed by atoms with Crippen LogP contribution in [0.4, 0.5) is 11.4 Å². The predicted octanol–water partition coefficient (Wildman–Crippen LogP) is 5.41. The molecule has 0 saturated carbocycles. The number of hydrogen-bond donors (Lipinski definition) is 2. The van der Waals surface area contributed by atoms with Crippen LogP contribution in [-0.2, 0) is 6.42 Å². The van der Waals surface area contributed by atoms with Crippen molar-refractivity contribution < 1.29 is 14.5 Å². The first-order valence-corrected chi connectivity index (χ1v) is 10.9. The molecule has 0 radical (unpaired) electrons. The Bertz CT molecular complexity index is 1160. The Morgan fingerprint density at radius 2 is 1.88 bits per heavy atom. The third-order valence-corrected chi connectivity index (χ3v) is 5.27. The van der Waals surface area contributed by atoms with Crippen molar-refractivity contribution in [3.63, 3.8) is 0 Å². The molecule has 0 aromatic heterocycles. The fourth-order valence-electron chi connectivity index (χ4n) is 2.95. The van der Waals surface area contributed by atoms with Gasteiger partial charge in [0.1, 0.15) is 5.75 Å². The van der Waals surface area contributed by atoms with Gasteiger partial charge in [0.2, 0.25) is 0 Å². The lowest BCUT2D eigenvalue weighted by atomic mass is 10.1. The lowest BCUT2D eigenvalue weighted by Gasteiger charge is -2.14. The van der Waals surface area contributed by atoms with Crippen molar-refractivity contribution in [1.29, 1.82) is 0 Å². The molecule has 0 saturated heterocycles. The van der Waals surface area contributed by atoms with Crippen LogP contribution in [-0.4, -0.2) is 22.5 Å². The molecule has 2 N–H and O–H groups in total. The molecule has 0 unspecified atom stereocenters. The highest BCUT2D eigenvalue weighted by atomic mass is 79.9. The van der Waals surface area contributed by atoms with Crippen molar-refractivity contribution in [3.05, 3.63) is 98.0 Å².